The summed E-state index contributed by atoms with van der Waals surface area (Å²) in [6, 6.07) is 3.64. The third-order valence-corrected chi connectivity index (χ3v) is 3.07. The second-order valence-electron chi connectivity index (χ2n) is 3.40. The minimum absolute atomic E-state index is 0.0252. The van der Waals surface area contributed by atoms with Gasteiger partial charge in [-0.2, -0.15) is 0 Å². The normalized spacial score (nSPS) is 12.3. The van der Waals surface area contributed by atoms with Crippen molar-refractivity contribution in [2.24, 2.45) is 5.92 Å². The van der Waals surface area contributed by atoms with E-state index < -0.39 is 0 Å². The maximum Gasteiger partial charge on any atom is 0.134 e. The van der Waals surface area contributed by atoms with E-state index in [1.54, 1.807) is 13.2 Å². The van der Waals surface area contributed by atoms with Gasteiger partial charge in [0.05, 0.1) is 11.6 Å². The minimum atomic E-state index is -0.0252. The lowest BCUT2D eigenvalue weighted by Crippen LogP contribution is -2.01. The van der Waals surface area contributed by atoms with Gasteiger partial charge < -0.3 is 9.53 Å². The Morgan fingerprint density at radius 2 is 2.27 bits per heavy atom. The standard InChI is InChI=1S/C11H12BrClO2/c1-7(6-14)3-8-4-9(12)11(15-2)5-10(8)13/h4-7H,3H2,1-2H3. The largest absolute Gasteiger partial charge is 0.496 e. The Hall–Kier alpha value is -0.540. The van der Waals surface area contributed by atoms with E-state index in [9.17, 15) is 4.79 Å². The van der Waals surface area contributed by atoms with E-state index >= 15 is 0 Å². The molecule has 0 aromatic heterocycles. The molecule has 0 radical (unpaired) electrons. The summed E-state index contributed by atoms with van der Waals surface area (Å²) in [4.78, 5) is 10.5. The van der Waals surface area contributed by atoms with Gasteiger partial charge in [0.2, 0.25) is 0 Å². The van der Waals surface area contributed by atoms with Crippen LogP contribution in [0.1, 0.15) is 12.5 Å². The monoisotopic (exact) mass is 290 g/mol. The number of methoxy groups -OCH3 is 1. The molecule has 1 atom stereocenters. The fourth-order valence-electron chi connectivity index (χ4n) is 1.28. The zero-order chi connectivity index (χ0) is 11.4. The molecule has 0 spiro atoms. The molecule has 0 bridgehead atoms. The molecule has 1 aromatic rings. The van der Waals surface area contributed by atoms with Crippen molar-refractivity contribution in [2.75, 3.05) is 7.11 Å². The van der Waals surface area contributed by atoms with E-state index in [1.165, 1.54) is 0 Å². The molecule has 0 aliphatic heterocycles. The number of hydrogen-bond acceptors (Lipinski definition) is 2. The lowest BCUT2D eigenvalue weighted by atomic mass is 10.0. The van der Waals surface area contributed by atoms with Crippen LogP contribution in [0.15, 0.2) is 16.6 Å². The Morgan fingerprint density at radius 1 is 1.60 bits per heavy atom. The maximum atomic E-state index is 10.5. The van der Waals surface area contributed by atoms with Gasteiger partial charge in [0.1, 0.15) is 12.0 Å². The number of carbonyl (C=O) groups is 1. The molecule has 1 unspecified atom stereocenters. The fourth-order valence-corrected chi connectivity index (χ4v) is 2.06. The van der Waals surface area contributed by atoms with E-state index in [-0.39, 0.29) is 5.92 Å². The third-order valence-electron chi connectivity index (χ3n) is 2.10. The summed E-state index contributed by atoms with van der Waals surface area (Å²) in [7, 11) is 1.59. The zero-order valence-corrected chi connectivity index (χ0v) is 10.9. The van der Waals surface area contributed by atoms with Crippen LogP contribution in [-0.4, -0.2) is 13.4 Å². The lowest BCUT2D eigenvalue weighted by Gasteiger charge is -2.10. The van der Waals surface area contributed by atoms with Crippen molar-refractivity contribution in [3.05, 3.63) is 27.2 Å². The Bertz CT molecular complexity index is 366. The molecule has 0 N–H and O–H groups in total. The van der Waals surface area contributed by atoms with Crippen LogP contribution in [0.2, 0.25) is 5.02 Å². The lowest BCUT2D eigenvalue weighted by molar-refractivity contribution is -0.110. The summed E-state index contributed by atoms with van der Waals surface area (Å²) in [6.07, 6.45) is 1.57. The van der Waals surface area contributed by atoms with Gasteiger partial charge in [-0.25, -0.2) is 0 Å². The first-order valence-corrected chi connectivity index (χ1v) is 5.72. The molecule has 1 aromatic carbocycles. The van der Waals surface area contributed by atoms with Crippen molar-refractivity contribution in [3.63, 3.8) is 0 Å². The average molecular weight is 292 g/mol. The molecule has 82 valence electrons. The highest BCUT2D eigenvalue weighted by molar-refractivity contribution is 9.10. The molecule has 1 rings (SSSR count). The second kappa shape index (κ2) is 5.52. The van der Waals surface area contributed by atoms with Gasteiger partial charge in [-0.3, -0.25) is 0 Å². The predicted molar refractivity (Wildman–Crippen MR) is 64.6 cm³/mol. The molecule has 0 aliphatic rings. The Balaban J connectivity index is 2.99. The third kappa shape index (κ3) is 3.21. The molecule has 0 amide bonds. The molecule has 0 saturated carbocycles. The van der Waals surface area contributed by atoms with Gasteiger partial charge in [0.15, 0.2) is 0 Å². The van der Waals surface area contributed by atoms with Gasteiger partial charge in [0, 0.05) is 17.0 Å². The van der Waals surface area contributed by atoms with Crippen LogP contribution >= 0.6 is 27.5 Å². The van der Waals surface area contributed by atoms with Crippen molar-refractivity contribution >= 4 is 33.8 Å². The molecular weight excluding hydrogens is 279 g/mol. The van der Waals surface area contributed by atoms with E-state index in [0.29, 0.717) is 17.2 Å². The number of rotatable bonds is 4. The van der Waals surface area contributed by atoms with Crippen LogP contribution in [0.5, 0.6) is 5.75 Å². The zero-order valence-electron chi connectivity index (χ0n) is 8.59. The Kier molecular flexibility index (Phi) is 4.61. The highest BCUT2D eigenvalue weighted by atomic mass is 79.9. The van der Waals surface area contributed by atoms with Crippen LogP contribution in [0, 0.1) is 5.92 Å². The molecular formula is C11H12BrClO2. The Labute approximate surface area is 103 Å². The number of halogens is 2. The molecule has 0 heterocycles. The van der Waals surface area contributed by atoms with Gasteiger partial charge in [-0.15, -0.1) is 0 Å². The van der Waals surface area contributed by atoms with Gasteiger partial charge in [-0.05, 0) is 34.0 Å². The average Bonchev–Trinajstić information content (AvgIpc) is 2.22. The number of aldehydes is 1. The smallest absolute Gasteiger partial charge is 0.134 e. The second-order valence-corrected chi connectivity index (χ2v) is 4.66. The molecule has 4 heteroatoms. The van der Waals surface area contributed by atoms with Gasteiger partial charge >= 0.3 is 0 Å². The molecule has 15 heavy (non-hydrogen) atoms. The number of hydrogen-bond donors (Lipinski definition) is 0. The van der Waals surface area contributed by atoms with Crippen molar-refractivity contribution < 1.29 is 9.53 Å². The van der Waals surface area contributed by atoms with E-state index in [4.69, 9.17) is 16.3 Å². The summed E-state index contributed by atoms with van der Waals surface area (Å²) >= 11 is 9.45. The van der Waals surface area contributed by atoms with Crippen molar-refractivity contribution in [1.82, 2.24) is 0 Å². The summed E-state index contributed by atoms with van der Waals surface area (Å²) < 4.78 is 5.96. The molecule has 0 fully saturated rings. The summed E-state index contributed by atoms with van der Waals surface area (Å²) in [5, 5.41) is 0.628. The summed E-state index contributed by atoms with van der Waals surface area (Å²) in [6.45, 7) is 1.86. The Morgan fingerprint density at radius 3 is 2.80 bits per heavy atom. The van der Waals surface area contributed by atoms with E-state index in [0.717, 1.165) is 16.3 Å². The number of ether oxygens (including phenoxy) is 1. The van der Waals surface area contributed by atoms with Crippen molar-refractivity contribution in [3.8, 4) is 5.75 Å². The summed E-state index contributed by atoms with van der Waals surface area (Å²) in [5.74, 6) is 0.672. The summed E-state index contributed by atoms with van der Waals surface area (Å²) in [5.41, 5.74) is 0.948. The van der Waals surface area contributed by atoms with Gasteiger partial charge in [-0.1, -0.05) is 18.5 Å². The minimum Gasteiger partial charge on any atom is -0.496 e. The van der Waals surface area contributed by atoms with Crippen LogP contribution < -0.4 is 4.74 Å². The number of benzene rings is 1. The van der Waals surface area contributed by atoms with Gasteiger partial charge in [0.25, 0.3) is 0 Å². The molecule has 0 saturated heterocycles. The van der Waals surface area contributed by atoms with E-state index in [2.05, 4.69) is 15.9 Å². The number of carbonyl (C=O) groups excluding carboxylic acids is 1. The van der Waals surface area contributed by atoms with Crippen LogP contribution in [0.4, 0.5) is 0 Å². The van der Waals surface area contributed by atoms with Crippen molar-refractivity contribution in [2.45, 2.75) is 13.3 Å². The predicted octanol–water partition coefficient (Wildman–Crippen LogP) is 3.49. The van der Waals surface area contributed by atoms with Crippen LogP contribution in [0.25, 0.3) is 0 Å². The SMILES string of the molecule is COc1cc(Cl)c(CC(C)C=O)cc1Br. The highest BCUT2D eigenvalue weighted by Crippen LogP contribution is 2.32. The first kappa shape index (κ1) is 12.5. The topological polar surface area (TPSA) is 26.3 Å². The first-order chi connectivity index (χ1) is 7.08. The maximum absolute atomic E-state index is 10.5. The molecule has 0 aliphatic carbocycles. The molecule has 2 nitrogen and oxygen atoms in total. The van der Waals surface area contributed by atoms with Crippen LogP contribution in [-0.2, 0) is 11.2 Å². The van der Waals surface area contributed by atoms with Crippen LogP contribution in [0.3, 0.4) is 0 Å². The highest BCUT2D eigenvalue weighted by Gasteiger charge is 2.10. The van der Waals surface area contributed by atoms with Crippen molar-refractivity contribution in [1.29, 1.82) is 0 Å². The fraction of sp³-hybridized carbons (Fsp3) is 0.364. The quantitative estimate of drug-likeness (QED) is 0.794. The van der Waals surface area contributed by atoms with E-state index in [1.807, 2.05) is 13.0 Å². The first-order valence-electron chi connectivity index (χ1n) is 4.55.